The van der Waals surface area contributed by atoms with Gasteiger partial charge in [-0.2, -0.15) is 0 Å². The lowest BCUT2D eigenvalue weighted by Gasteiger charge is -2.07. The lowest BCUT2D eigenvalue weighted by Crippen LogP contribution is -2.11. The Bertz CT molecular complexity index is 736. The summed E-state index contributed by atoms with van der Waals surface area (Å²) in [5.41, 5.74) is 0.992. The topological polar surface area (TPSA) is 63.2 Å². The van der Waals surface area contributed by atoms with Crippen LogP contribution in [0.5, 0.6) is 0 Å². The van der Waals surface area contributed by atoms with E-state index in [1.54, 1.807) is 24.3 Å². The number of sulfonamides is 1. The Hall–Kier alpha value is -1.37. The molecule has 1 aromatic carbocycles. The van der Waals surface area contributed by atoms with Gasteiger partial charge in [0, 0.05) is 17.7 Å². The molecule has 0 saturated heterocycles. The molecule has 0 radical (unpaired) electrons. The Kier molecular flexibility index (Phi) is 5.03. The van der Waals surface area contributed by atoms with E-state index in [-0.39, 0.29) is 9.99 Å². The SMILES string of the molecule is CCCC(=O)c1ccc(NS(=O)(=O)c2ccc(Cl)s2)cc1. The average molecular weight is 344 g/mol. The van der Waals surface area contributed by atoms with Crippen LogP contribution < -0.4 is 4.72 Å². The van der Waals surface area contributed by atoms with Gasteiger partial charge in [-0.15, -0.1) is 11.3 Å². The Morgan fingerprint density at radius 2 is 1.86 bits per heavy atom. The first kappa shape index (κ1) is 16.0. The van der Waals surface area contributed by atoms with Gasteiger partial charge in [0.1, 0.15) is 4.21 Å². The number of benzene rings is 1. The first-order chi connectivity index (χ1) is 9.92. The minimum absolute atomic E-state index is 0.0527. The third-order valence-electron chi connectivity index (χ3n) is 2.75. The van der Waals surface area contributed by atoms with E-state index in [1.807, 2.05) is 6.92 Å². The molecular formula is C14H14ClNO3S2. The van der Waals surface area contributed by atoms with Gasteiger partial charge in [0.15, 0.2) is 5.78 Å². The van der Waals surface area contributed by atoms with Crippen LogP contribution in [0.15, 0.2) is 40.6 Å². The number of ketones is 1. The van der Waals surface area contributed by atoms with Gasteiger partial charge in [0.25, 0.3) is 10.0 Å². The average Bonchev–Trinajstić information content (AvgIpc) is 2.87. The van der Waals surface area contributed by atoms with Gasteiger partial charge in [-0.25, -0.2) is 8.42 Å². The fraction of sp³-hybridized carbons (Fsp3) is 0.214. The van der Waals surface area contributed by atoms with Crippen LogP contribution in [0.25, 0.3) is 0 Å². The van der Waals surface area contributed by atoms with Crippen LogP contribution in [0, 0.1) is 0 Å². The Balaban J connectivity index is 2.15. The minimum atomic E-state index is -3.64. The highest BCUT2D eigenvalue weighted by atomic mass is 35.5. The molecule has 2 aromatic rings. The van der Waals surface area contributed by atoms with E-state index in [4.69, 9.17) is 11.6 Å². The number of Topliss-reactive ketones (excluding diaryl/α,β-unsaturated/α-hetero) is 1. The molecule has 0 aliphatic carbocycles. The van der Waals surface area contributed by atoms with Crippen LogP contribution in [0.2, 0.25) is 4.34 Å². The Morgan fingerprint density at radius 3 is 2.38 bits per heavy atom. The molecule has 0 aliphatic rings. The lowest BCUT2D eigenvalue weighted by atomic mass is 10.1. The van der Waals surface area contributed by atoms with Crippen LogP contribution in [-0.2, 0) is 10.0 Å². The first-order valence-corrected chi connectivity index (χ1v) is 9.01. The van der Waals surface area contributed by atoms with Crippen LogP contribution in [-0.4, -0.2) is 14.2 Å². The maximum absolute atomic E-state index is 12.1. The molecule has 112 valence electrons. The van der Waals surface area contributed by atoms with Gasteiger partial charge < -0.3 is 0 Å². The van der Waals surface area contributed by atoms with Gasteiger partial charge in [-0.3, -0.25) is 9.52 Å². The molecule has 1 heterocycles. The summed E-state index contributed by atoms with van der Waals surface area (Å²) in [6.07, 6.45) is 1.27. The smallest absolute Gasteiger partial charge is 0.271 e. The van der Waals surface area contributed by atoms with Crippen molar-refractivity contribution in [2.75, 3.05) is 4.72 Å². The van der Waals surface area contributed by atoms with Crippen molar-refractivity contribution in [2.45, 2.75) is 24.0 Å². The number of hydrogen-bond donors (Lipinski definition) is 1. The predicted molar refractivity (Wildman–Crippen MR) is 85.8 cm³/mol. The van der Waals surface area contributed by atoms with Crippen molar-refractivity contribution in [3.63, 3.8) is 0 Å². The molecule has 0 spiro atoms. The van der Waals surface area contributed by atoms with E-state index < -0.39 is 10.0 Å². The van der Waals surface area contributed by atoms with Crippen LogP contribution in [0.4, 0.5) is 5.69 Å². The van der Waals surface area contributed by atoms with E-state index in [2.05, 4.69) is 4.72 Å². The maximum Gasteiger partial charge on any atom is 0.271 e. The maximum atomic E-state index is 12.1. The predicted octanol–water partition coefficient (Wildman–Crippen LogP) is 4.19. The normalized spacial score (nSPS) is 11.3. The van der Waals surface area contributed by atoms with Crippen molar-refractivity contribution in [1.82, 2.24) is 0 Å². The number of halogens is 1. The zero-order valence-electron chi connectivity index (χ0n) is 11.3. The molecule has 2 rings (SSSR count). The van der Waals surface area contributed by atoms with Gasteiger partial charge in [0.2, 0.25) is 0 Å². The highest BCUT2D eigenvalue weighted by molar-refractivity contribution is 7.94. The van der Waals surface area contributed by atoms with E-state index in [1.165, 1.54) is 12.1 Å². The number of anilines is 1. The molecule has 0 aliphatic heterocycles. The molecule has 0 fully saturated rings. The van der Waals surface area contributed by atoms with Crippen LogP contribution in [0.1, 0.15) is 30.1 Å². The number of carbonyl (C=O) groups is 1. The molecular weight excluding hydrogens is 330 g/mol. The summed E-state index contributed by atoms with van der Waals surface area (Å²) in [6.45, 7) is 1.94. The zero-order chi connectivity index (χ0) is 15.5. The zero-order valence-corrected chi connectivity index (χ0v) is 13.7. The van der Waals surface area contributed by atoms with E-state index in [0.29, 0.717) is 22.0 Å². The van der Waals surface area contributed by atoms with E-state index >= 15 is 0 Å². The van der Waals surface area contributed by atoms with Gasteiger partial charge >= 0.3 is 0 Å². The quantitative estimate of drug-likeness (QED) is 0.800. The summed E-state index contributed by atoms with van der Waals surface area (Å²) in [4.78, 5) is 11.7. The summed E-state index contributed by atoms with van der Waals surface area (Å²) in [5, 5.41) is 0. The Labute approximate surface area is 132 Å². The van der Waals surface area contributed by atoms with Gasteiger partial charge in [0.05, 0.1) is 4.34 Å². The van der Waals surface area contributed by atoms with E-state index in [9.17, 15) is 13.2 Å². The number of rotatable bonds is 6. The second-order valence-corrected chi connectivity index (χ2v) is 8.04. The van der Waals surface area contributed by atoms with Gasteiger partial charge in [-0.05, 0) is 42.8 Å². The summed E-state index contributed by atoms with van der Waals surface area (Å²) in [5.74, 6) is 0.0527. The fourth-order valence-corrected chi connectivity index (χ4v) is 4.28. The second kappa shape index (κ2) is 6.60. The third-order valence-corrected chi connectivity index (χ3v) is 5.85. The highest BCUT2D eigenvalue weighted by Gasteiger charge is 2.16. The molecule has 4 nitrogen and oxygen atoms in total. The van der Waals surface area contributed by atoms with Crippen molar-refractivity contribution < 1.29 is 13.2 Å². The van der Waals surface area contributed by atoms with Crippen molar-refractivity contribution in [1.29, 1.82) is 0 Å². The van der Waals surface area contributed by atoms with Crippen molar-refractivity contribution in [3.8, 4) is 0 Å². The fourth-order valence-electron chi connectivity index (χ4n) is 1.74. The number of carbonyl (C=O) groups excluding carboxylic acids is 1. The molecule has 1 N–H and O–H groups in total. The molecule has 0 atom stereocenters. The van der Waals surface area contributed by atoms with Crippen molar-refractivity contribution in [3.05, 3.63) is 46.3 Å². The number of thiophene rings is 1. The molecule has 7 heteroatoms. The van der Waals surface area contributed by atoms with Crippen molar-refractivity contribution in [2.24, 2.45) is 0 Å². The van der Waals surface area contributed by atoms with Crippen LogP contribution in [0.3, 0.4) is 0 Å². The molecule has 0 bridgehead atoms. The van der Waals surface area contributed by atoms with Crippen LogP contribution >= 0.6 is 22.9 Å². The van der Waals surface area contributed by atoms with Crippen molar-refractivity contribution >= 4 is 44.4 Å². The summed E-state index contributed by atoms with van der Waals surface area (Å²) < 4.78 is 27.2. The summed E-state index contributed by atoms with van der Waals surface area (Å²) in [7, 11) is -3.64. The largest absolute Gasteiger partial charge is 0.294 e. The Morgan fingerprint density at radius 1 is 1.19 bits per heavy atom. The third kappa shape index (κ3) is 4.06. The summed E-state index contributed by atoms with van der Waals surface area (Å²) >= 11 is 6.73. The summed E-state index contributed by atoms with van der Waals surface area (Å²) in [6, 6.07) is 9.39. The molecule has 0 unspecified atom stereocenters. The number of hydrogen-bond acceptors (Lipinski definition) is 4. The second-order valence-electron chi connectivity index (χ2n) is 4.41. The number of nitrogens with one attached hydrogen (secondary N) is 1. The first-order valence-electron chi connectivity index (χ1n) is 6.34. The van der Waals surface area contributed by atoms with Gasteiger partial charge in [-0.1, -0.05) is 18.5 Å². The lowest BCUT2D eigenvalue weighted by molar-refractivity contribution is 0.0982. The highest BCUT2D eigenvalue weighted by Crippen LogP contribution is 2.27. The standard InChI is InChI=1S/C14H14ClNO3S2/c1-2-3-12(17)10-4-6-11(7-5-10)16-21(18,19)14-9-8-13(15)20-14/h4-9,16H,2-3H2,1H3. The molecule has 0 amide bonds. The monoisotopic (exact) mass is 343 g/mol. The molecule has 0 saturated carbocycles. The minimum Gasteiger partial charge on any atom is -0.294 e. The molecule has 1 aromatic heterocycles. The van der Waals surface area contributed by atoms with E-state index in [0.717, 1.165) is 17.8 Å². The molecule has 21 heavy (non-hydrogen) atoms.